The van der Waals surface area contributed by atoms with Crippen LogP contribution in [0.2, 0.25) is 0 Å². The molecule has 8 heteroatoms. The van der Waals surface area contributed by atoms with Crippen molar-refractivity contribution in [2.24, 2.45) is 5.41 Å². The number of amides is 1. The molecule has 0 spiro atoms. The number of carbonyl (C=O) groups is 3. The molecule has 1 aromatic heterocycles. The lowest BCUT2D eigenvalue weighted by Gasteiger charge is -2.40. The molecule has 0 radical (unpaired) electrons. The topological polar surface area (TPSA) is 120 Å². The summed E-state index contributed by atoms with van der Waals surface area (Å²) in [6.45, 7) is 9.92. The normalized spacial score (nSPS) is 14.6. The molecule has 2 heterocycles. The fourth-order valence-electron chi connectivity index (χ4n) is 5.21. The van der Waals surface area contributed by atoms with Gasteiger partial charge >= 0.3 is 11.9 Å². The van der Waals surface area contributed by atoms with E-state index in [4.69, 9.17) is 0 Å². The lowest BCUT2D eigenvalue weighted by atomic mass is 9.82. The molecule has 204 valence electrons. The Bertz CT molecular complexity index is 1410. The summed E-state index contributed by atoms with van der Waals surface area (Å²) >= 11 is 0. The van der Waals surface area contributed by atoms with E-state index in [1.165, 1.54) is 6.07 Å². The molecule has 0 unspecified atom stereocenters. The number of carboxylic acid groups (broad SMARTS) is 2. The molecule has 2 aromatic carbocycles. The van der Waals surface area contributed by atoms with E-state index in [2.05, 4.69) is 29.0 Å². The second kappa shape index (κ2) is 11.3. The van der Waals surface area contributed by atoms with E-state index in [0.717, 1.165) is 42.7 Å². The van der Waals surface area contributed by atoms with Crippen LogP contribution in [0.1, 0.15) is 69.9 Å². The van der Waals surface area contributed by atoms with Gasteiger partial charge in [0, 0.05) is 42.1 Å². The standard InChI is InChI=1S/C31H35N3O5/c1-19-24(17-26(35)36)28(34-14-12-31(3,4)13-15-34)27(20(2)33-19)22-10-11-23(30(38)39)25(16-22)29(37)32-18-21-8-6-5-7-9-21/h5-11,16H,12-15,17-18H2,1-4H3,(H,32,37)(H,35,36)(H,38,39). The van der Waals surface area contributed by atoms with Crippen molar-refractivity contribution in [2.45, 2.75) is 53.5 Å². The monoisotopic (exact) mass is 529 g/mol. The summed E-state index contributed by atoms with van der Waals surface area (Å²) in [7, 11) is 0. The second-order valence-electron chi connectivity index (χ2n) is 10.9. The number of anilines is 1. The molecule has 0 aliphatic carbocycles. The first-order chi connectivity index (χ1) is 18.5. The molecule has 1 saturated heterocycles. The number of rotatable bonds is 8. The maximum absolute atomic E-state index is 13.3. The summed E-state index contributed by atoms with van der Waals surface area (Å²) in [6, 6.07) is 14.1. The number of pyridine rings is 1. The minimum atomic E-state index is -1.20. The van der Waals surface area contributed by atoms with Gasteiger partial charge in [0.1, 0.15) is 0 Å². The van der Waals surface area contributed by atoms with E-state index in [0.29, 0.717) is 22.5 Å². The number of hydrogen-bond acceptors (Lipinski definition) is 5. The number of aromatic nitrogens is 1. The van der Waals surface area contributed by atoms with Crippen LogP contribution in [0.3, 0.4) is 0 Å². The highest BCUT2D eigenvalue weighted by molar-refractivity contribution is 6.06. The van der Waals surface area contributed by atoms with E-state index in [1.54, 1.807) is 12.1 Å². The van der Waals surface area contributed by atoms with Gasteiger partial charge in [-0.15, -0.1) is 0 Å². The molecular weight excluding hydrogens is 494 g/mol. The van der Waals surface area contributed by atoms with Crippen LogP contribution in [0.15, 0.2) is 48.5 Å². The van der Waals surface area contributed by atoms with Gasteiger partial charge in [-0.1, -0.05) is 50.2 Å². The van der Waals surface area contributed by atoms with Crippen molar-refractivity contribution in [1.29, 1.82) is 0 Å². The summed E-state index contributed by atoms with van der Waals surface area (Å²) in [6.07, 6.45) is 1.72. The van der Waals surface area contributed by atoms with Crippen LogP contribution < -0.4 is 10.2 Å². The lowest BCUT2D eigenvalue weighted by molar-refractivity contribution is -0.136. The van der Waals surface area contributed by atoms with Gasteiger partial charge in [-0.05, 0) is 55.4 Å². The van der Waals surface area contributed by atoms with Gasteiger partial charge in [-0.2, -0.15) is 0 Å². The van der Waals surface area contributed by atoms with Crippen molar-refractivity contribution < 1.29 is 24.6 Å². The Hall–Kier alpha value is -4.20. The average Bonchev–Trinajstić information content (AvgIpc) is 2.89. The number of carboxylic acids is 2. The van der Waals surface area contributed by atoms with E-state index in [9.17, 15) is 24.6 Å². The molecule has 1 amide bonds. The SMILES string of the molecule is Cc1nc(C)c(-c2ccc(C(=O)O)c(C(=O)NCc3ccccc3)c2)c(N2CCC(C)(C)CC2)c1CC(=O)O. The van der Waals surface area contributed by atoms with Gasteiger partial charge in [-0.25, -0.2) is 4.79 Å². The molecule has 1 fully saturated rings. The molecule has 39 heavy (non-hydrogen) atoms. The maximum Gasteiger partial charge on any atom is 0.336 e. The number of piperidine rings is 1. The molecule has 0 saturated carbocycles. The molecule has 3 N–H and O–H groups in total. The third-order valence-corrected chi connectivity index (χ3v) is 7.50. The fraction of sp³-hybridized carbons (Fsp3) is 0.355. The zero-order valence-corrected chi connectivity index (χ0v) is 22.9. The third-order valence-electron chi connectivity index (χ3n) is 7.50. The number of benzene rings is 2. The van der Waals surface area contributed by atoms with Crippen LogP contribution in [0, 0.1) is 19.3 Å². The molecule has 1 aliphatic rings. The maximum atomic E-state index is 13.3. The third kappa shape index (κ3) is 6.28. The number of aryl methyl sites for hydroxylation is 2. The lowest BCUT2D eigenvalue weighted by Crippen LogP contribution is -2.38. The van der Waals surface area contributed by atoms with Crippen molar-refractivity contribution >= 4 is 23.5 Å². The zero-order chi connectivity index (χ0) is 28.3. The summed E-state index contributed by atoms with van der Waals surface area (Å²) in [5.41, 5.74) is 5.17. The van der Waals surface area contributed by atoms with Crippen molar-refractivity contribution in [3.63, 3.8) is 0 Å². The number of nitrogens with one attached hydrogen (secondary N) is 1. The molecule has 8 nitrogen and oxygen atoms in total. The van der Waals surface area contributed by atoms with Crippen LogP contribution in [-0.2, 0) is 17.8 Å². The quantitative estimate of drug-likeness (QED) is 0.365. The minimum absolute atomic E-state index is 0.0430. The van der Waals surface area contributed by atoms with Gasteiger partial charge < -0.3 is 20.4 Å². The summed E-state index contributed by atoms with van der Waals surface area (Å²) in [4.78, 5) is 44.1. The first-order valence-corrected chi connectivity index (χ1v) is 13.1. The highest BCUT2D eigenvalue weighted by Gasteiger charge is 2.31. The zero-order valence-electron chi connectivity index (χ0n) is 22.9. The molecule has 1 aliphatic heterocycles. The Kier molecular flexibility index (Phi) is 8.04. The Balaban J connectivity index is 1.83. The average molecular weight is 530 g/mol. The molecular formula is C31H35N3O5. The summed E-state index contributed by atoms with van der Waals surface area (Å²) < 4.78 is 0. The molecule has 4 rings (SSSR count). The molecule has 0 bridgehead atoms. The minimum Gasteiger partial charge on any atom is -0.481 e. The van der Waals surface area contributed by atoms with Crippen molar-refractivity contribution in [2.75, 3.05) is 18.0 Å². The number of nitrogens with zero attached hydrogens (tertiary/aromatic N) is 2. The van der Waals surface area contributed by atoms with Crippen LogP contribution in [-0.4, -0.2) is 46.1 Å². The number of carbonyl (C=O) groups excluding carboxylic acids is 1. The number of aliphatic carboxylic acids is 1. The Morgan fingerprint density at radius 2 is 1.62 bits per heavy atom. The van der Waals surface area contributed by atoms with Crippen molar-refractivity contribution in [3.05, 3.63) is 82.2 Å². The Morgan fingerprint density at radius 3 is 2.23 bits per heavy atom. The number of hydrogen-bond donors (Lipinski definition) is 3. The van der Waals surface area contributed by atoms with Crippen LogP contribution in [0.4, 0.5) is 5.69 Å². The largest absolute Gasteiger partial charge is 0.481 e. The van der Waals surface area contributed by atoms with Gasteiger partial charge in [0.05, 0.1) is 23.2 Å². The van der Waals surface area contributed by atoms with E-state index in [-0.39, 0.29) is 29.5 Å². The van der Waals surface area contributed by atoms with Crippen LogP contribution >= 0.6 is 0 Å². The summed E-state index contributed by atoms with van der Waals surface area (Å²) in [5, 5.41) is 22.4. The van der Waals surface area contributed by atoms with Crippen molar-refractivity contribution in [3.8, 4) is 11.1 Å². The second-order valence-corrected chi connectivity index (χ2v) is 10.9. The van der Waals surface area contributed by atoms with E-state index < -0.39 is 17.8 Å². The molecule has 0 atom stereocenters. The fourth-order valence-corrected chi connectivity index (χ4v) is 5.21. The van der Waals surface area contributed by atoms with Gasteiger partial charge in [0.2, 0.25) is 0 Å². The summed E-state index contributed by atoms with van der Waals surface area (Å²) in [5.74, 6) is -2.64. The van der Waals surface area contributed by atoms with E-state index >= 15 is 0 Å². The van der Waals surface area contributed by atoms with Crippen LogP contribution in [0.5, 0.6) is 0 Å². The first-order valence-electron chi connectivity index (χ1n) is 13.1. The smallest absolute Gasteiger partial charge is 0.336 e. The van der Waals surface area contributed by atoms with E-state index in [1.807, 2.05) is 44.2 Å². The number of aromatic carboxylic acids is 1. The highest BCUT2D eigenvalue weighted by atomic mass is 16.4. The van der Waals surface area contributed by atoms with Crippen LogP contribution in [0.25, 0.3) is 11.1 Å². The van der Waals surface area contributed by atoms with Gasteiger partial charge in [0.15, 0.2) is 0 Å². The Labute approximate surface area is 228 Å². The van der Waals surface area contributed by atoms with Crippen molar-refractivity contribution in [1.82, 2.24) is 10.3 Å². The Morgan fingerprint density at radius 1 is 0.949 bits per heavy atom. The molecule has 3 aromatic rings. The predicted octanol–water partition coefficient (Wildman–Crippen LogP) is 5.25. The highest BCUT2D eigenvalue weighted by Crippen LogP contribution is 2.42. The predicted molar refractivity (Wildman–Crippen MR) is 150 cm³/mol. The van der Waals surface area contributed by atoms with Gasteiger partial charge in [-0.3, -0.25) is 14.6 Å². The first kappa shape index (κ1) is 27.8. The van der Waals surface area contributed by atoms with Gasteiger partial charge in [0.25, 0.3) is 5.91 Å².